The van der Waals surface area contributed by atoms with Crippen LogP contribution in [-0.2, 0) is 17.9 Å². The molecule has 1 N–H and O–H groups in total. The third kappa shape index (κ3) is 3.52. The molecule has 1 aromatic carbocycles. The van der Waals surface area contributed by atoms with E-state index < -0.39 is 17.4 Å². The van der Waals surface area contributed by atoms with Crippen LogP contribution < -0.4 is 16.6 Å². The van der Waals surface area contributed by atoms with Crippen LogP contribution in [0.3, 0.4) is 0 Å². The number of hydrogen-bond donors (Lipinski definition) is 1. The molecule has 0 atom stereocenters. The van der Waals surface area contributed by atoms with E-state index in [0.29, 0.717) is 22.4 Å². The highest BCUT2D eigenvalue weighted by atomic mass is 35.5. The lowest BCUT2D eigenvalue weighted by molar-refractivity contribution is -0.117. The van der Waals surface area contributed by atoms with E-state index in [1.54, 1.807) is 11.4 Å². The van der Waals surface area contributed by atoms with E-state index in [0.717, 1.165) is 23.6 Å². The van der Waals surface area contributed by atoms with Gasteiger partial charge in [0.2, 0.25) is 11.7 Å². The van der Waals surface area contributed by atoms with Gasteiger partial charge < -0.3 is 5.32 Å². The normalized spacial score (nSPS) is 11.4. The van der Waals surface area contributed by atoms with E-state index in [-0.39, 0.29) is 22.9 Å². The molecule has 0 saturated carbocycles. The summed E-state index contributed by atoms with van der Waals surface area (Å²) in [6, 6.07) is 5.46. The number of fused-ring (bicyclic) bond motifs is 3. The highest BCUT2D eigenvalue weighted by Crippen LogP contribution is 2.20. The average Bonchev–Trinajstić information content (AvgIpc) is 3.30. The van der Waals surface area contributed by atoms with Gasteiger partial charge in [0.25, 0.3) is 5.56 Å². The van der Waals surface area contributed by atoms with Crippen molar-refractivity contribution in [2.24, 2.45) is 0 Å². The number of unbranched alkanes of at least 4 members (excludes halogenated alkanes) is 1. The largest absolute Gasteiger partial charge is 0.352 e. The lowest BCUT2D eigenvalue weighted by Gasteiger charge is -2.06. The molecule has 30 heavy (non-hydrogen) atoms. The van der Waals surface area contributed by atoms with E-state index in [4.69, 9.17) is 11.6 Å². The SMILES string of the molecule is CCCCn1c(=O)c2sccc2n2c(=O)n(CC(=O)Nc3ccc(F)c(Cl)c3)nc12. The first kappa shape index (κ1) is 20.3. The second-order valence-corrected chi connectivity index (χ2v) is 8.02. The zero-order valence-corrected chi connectivity index (χ0v) is 17.5. The Balaban J connectivity index is 1.73. The van der Waals surface area contributed by atoms with Crippen LogP contribution >= 0.6 is 22.9 Å². The van der Waals surface area contributed by atoms with E-state index >= 15 is 0 Å². The molecule has 0 aliphatic heterocycles. The first-order chi connectivity index (χ1) is 14.4. The van der Waals surface area contributed by atoms with E-state index in [1.807, 2.05) is 6.92 Å². The minimum Gasteiger partial charge on any atom is -0.324 e. The lowest BCUT2D eigenvalue weighted by atomic mass is 10.3. The van der Waals surface area contributed by atoms with E-state index in [2.05, 4.69) is 10.4 Å². The third-order valence-electron chi connectivity index (χ3n) is 4.62. The molecule has 3 aromatic heterocycles. The van der Waals surface area contributed by atoms with Gasteiger partial charge in [0.15, 0.2) is 0 Å². The van der Waals surface area contributed by atoms with E-state index in [1.165, 1.54) is 32.4 Å². The van der Waals surface area contributed by atoms with Gasteiger partial charge in [0.05, 0.1) is 10.5 Å². The van der Waals surface area contributed by atoms with Gasteiger partial charge in [-0.1, -0.05) is 24.9 Å². The number of benzene rings is 1. The zero-order valence-electron chi connectivity index (χ0n) is 15.9. The molecule has 156 valence electrons. The van der Waals surface area contributed by atoms with Crippen LogP contribution in [0.15, 0.2) is 39.2 Å². The Bertz CT molecular complexity index is 1390. The first-order valence-corrected chi connectivity index (χ1v) is 10.5. The minimum atomic E-state index is -0.601. The van der Waals surface area contributed by atoms with Crippen LogP contribution in [0.5, 0.6) is 0 Å². The van der Waals surface area contributed by atoms with Gasteiger partial charge in [-0.05, 0) is 36.1 Å². The Morgan fingerprint density at radius 1 is 1.30 bits per heavy atom. The number of anilines is 1. The van der Waals surface area contributed by atoms with E-state index in [9.17, 15) is 18.8 Å². The summed E-state index contributed by atoms with van der Waals surface area (Å²) in [6.07, 6.45) is 1.62. The Labute approximate surface area is 178 Å². The number of halogens is 2. The van der Waals surface area contributed by atoms with Crippen LogP contribution in [0, 0.1) is 5.82 Å². The summed E-state index contributed by atoms with van der Waals surface area (Å²) in [4.78, 5) is 38.2. The van der Waals surface area contributed by atoms with Crippen molar-refractivity contribution in [2.45, 2.75) is 32.9 Å². The maximum absolute atomic E-state index is 13.3. The lowest BCUT2D eigenvalue weighted by Crippen LogP contribution is -2.29. The predicted octanol–water partition coefficient (Wildman–Crippen LogP) is 3.10. The molecule has 1 amide bonds. The fourth-order valence-corrected chi connectivity index (χ4v) is 4.17. The van der Waals surface area contributed by atoms with Crippen LogP contribution in [0.2, 0.25) is 5.02 Å². The molecule has 0 radical (unpaired) electrons. The molecule has 11 heteroatoms. The van der Waals surface area contributed by atoms with Crippen molar-refractivity contribution in [1.29, 1.82) is 0 Å². The van der Waals surface area contributed by atoms with Crippen molar-refractivity contribution < 1.29 is 9.18 Å². The summed E-state index contributed by atoms with van der Waals surface area (Å²) in [5.41, 5.74) is 0.0347. The summed E-state index contributed by atoms with van der Waals surface area (Å²) in [7, 11) is 0. The number of carbonyl (C=O) groups excluding carboxylic acids is 1. The Morgan fingerprint density at radius 3 is 2.83 bits per heavy atom. The Morgan fingerprint density at radius 2 is 2.10 bits per heavy atom. The van der Waals surface area contributed by atoms with Crippen molar-refractivity contribution in [2.75, 3.05) is 5.32 Å². The summed E-state index contributed by atoms with van der Waals surface area (Å²) in [5, 5.41) is 8.43. The average molecular weight is 450 g/mol. The number of amides is 1. The number of thiophene rings is 1. The van der Waals surface area contributed by atoms with Crippen molar-refractivity contribution >= 4 is 50.5 Å². The smallest absolute Gasteiger partial charge is 0.324 e. The number of rotatable bonds is 6. The summed E-state index contributed by atoms with van der Waals surface area (Å²) in [6.45, 7) is 2.05. The second kappa shape index (κ2) is 8.04. The number of carbonyl (C=O) groups is 1. The number of nitrogens with zero attached hydrogens (tertiary/aromatic N) is 4. The zero-order chi connectivity index (χ0) is 21.4. The summed E-state index contributed by atoms with van der Waals surface area (Å²) in [5.74, 6) is -0.940. The number of aryl methyl sites for hydroxylation is 1. The van der Waals surface area contributed by atoms with Crippen LogP contribution in [0.25, 0.3) is 16.0 Å². The maximum atomic E-state index is 13.3. The molecular weight excluding hydrogens is 433 g/mol. The number of aromatic nitrogens is 4. The quantitative estimate of drug-likeness (QED) is 0.489. The molecule has 0 unspecified atom stereocenters. The molecule has 0 fully saturated rings. The standard InChI is InChI=1S/C19H17ClFN5O3S/c1-2-3-7-24-17(28)16-14(6-8-30-16)26-18(24)23-25(19(26)29)10-15(27)22-11-4-5-13(21)12(20)9-11/h4-6,8-9H,2-3,7,10H2,1H3,(H,22,27). The molecule has 8 nitrogen and oxygen atoms in total. The molecular formula is C19H17ClFN5O3S. The number of nitrogens with one attached hydrogen (secondary N) is 1. The van der Waals surface area contributed by atoms with Crippen LogP contribution in [-0.4, -0.2) is 24.7 Å². The third-order valence-corrected chi connectivity index (χ3v) is 5.80. The fourth-order valence-electron chi connectivity index (χ4n) is 3.17. The molecule has 0 aliphatic carbocycles. The maximum Gasteiger partial charge on any atom is 0.352 e. The van der Waals surface area contributed by atoms with Crippen LogP contribution in [0.4, 0.5) is 10.1 Å². The monoisotopic (exact) mass is 449 g/mol. The fraction of sp³-hybridized carbons (Fsp3) is 0.263. The van der Waals surface area contributed by atoms with Gasteiger partial charge in [-0.3, -0.25) is 14.2 Å². The minimum absolute atomic E-state index is 0.127. The Kier molecular flexibility index (Phi) is 5.44. The molecule has 4 rings (SSSR count). The van der Waals surface area contributed by atoms with Gasteiger partial charge >= 0.3 is 5.69 Å². The van der Waals surface area contributed by atoms with Gasteiger partial charge in [-0.15, -0.1) is 16.4 Å². The molecule has 0 saturated heterocycles. The molecule has 0 bridgehead atoms. The summed E-state index contributed by atoms with van der Waals surface area (Å²) >= 11 is 6.99. The van der Waals surface area contributed by atoms with Crippen LogP contribution in [0.1, 0.15) is 19.8 Å². The van der Waals surface area contributed by atoms with Gasteiger partial charge in [-0.25, -0.2) is 18.3 Å². The molecule has 0 aliphatic rings. The van der Waals surface area contributed by atoms with Crippen molar-refractivity contribution in [3.63, 3.8) is 0 Å². The van der Waals surface area contributed by atoms with Crippen molar-refractivity contribution in [3.8, 4) is 0 Å². The molecule has 3 heterocycles. The number of hydrogen-bond acceptors (Lipinski definition) is 5. The van der Waals surface area contributed by atoms with Crippen molar-refractivity contribution in [3.05, 3.63) is 61.3 Å². The van der Waals surface area contributed by atoms with Gasteiger partial charge in [0.1, 0.15) is 17.1 Å². The topological polar surface area (TPSA) is 90.4 Å². The second-order valence-electron chi connectivity index (χ2n) is 6.70. The molecule has 4 aromatic rings. The highest BCUT2D eigenvalue weighted by Gasteiger charge is 2.19. The highest BCUT2D eigenvalue weighted by molar-refractivity contribution is 7.17. The molecule has 0 spiro atoms. The predicted molar refractivity (Wildman–Crippen MR) is 114 cm³/mol. The first-order valence-electron chi connectivity index (χ1n) is 9.25. The van der Waals surface area contributed by atoms with Gasteiger partial charge in [-0.2, -0.15) is 0 Å². The summed E-state index contributed by atoms with van der Waals surface area (Å²) < 4.78 is 17.6. The Hall–Kier alpha value is -2.98. The van der Waals surface area contributed by atoms with Crippen molar-refractivity contribution in [1.82, 2.24) is 18.7 Å². The van der Waals surface area contributed by atoms with Gasteiger partial charge in [0, 0.05) is 12.2 Å².